The zero-order valence-electron chi connectivity index (χ0n) is 15.8. The SMILES string of the molecule is C=CCNC(=S)C(C(=O)OCC=C(C)CCC=C(C)C)c1ccccn1. The molecule has 1 aromatic heterocycles. The first-order chi connectivity index (χ1) is 12.5. The number of ether oxygens (including phenoxy) is 1. The Morgan fingerprint density at radius 1 is 1.35 bits per heavy atom. The van der Waals surface area contributed by atoms with Crippen molar-refractivity contribution in [1.82, 2.24) is 10.3 Å². The van der Waals surface area contributed by atoms with Gasteiger partial charge in [0.15, 0.2) is 0 Å². The number of hydrogen-bond donors (Lipinski definition) is 1. The maximum absolute atomic E-state index is 12.6. The summed E-state index contributed by atoms with van der Waals surface area (Å²) in [6.07, 6.45) is 9.40. The molecule has 1 rings (SSSR count). The molecule has 0 saturated carbocycles. The second-order valence-corrected chi connectivity index (χ2v) is 6.66. The Bertz CT molecular complexity index is 662. The average molecular weight is 373 g/mol. The van der Waals surface area contributed by atoms with Crippen LogP contribution in [0.5, 0.6) is 0 Å². The van der Waals surface area contributed by atoms with Crippen LogP contribution in [-0.4, -0.2) is 29.1 Å². The number of rotatable bonds is 10. The average Bonchev–Trinajstić information content (AvgIpc) is 2.60. The number of aromatic nitrogens is 1. The van der Waals surface area contributed by atoms with Crippen molar-refractivity contribution in [2.75, 3.05) is 13.2 Å². The summed E-state index contributed by atoms with van der Waals surface area (Å²) in [5, 5.41) is 3.00. The van der Waals surface area contributed by atoms with Crippen molar-refractivity contribution in [3.63, 3.8) is 0 Å². The summed E-state index contributed by atoms with van der Waals surface area (Å²) < 4.78 is 5.43. The largest absolute Gasteiger partial charge is 0.461 e. The number of thiocarbonyl (C=S) groups is 1. The highest BCUT2D eigenvalue weighted by Gasteiger charge is 2.27. The molecule has 0 aromatic carbocycles. The lowest BCUT2D eigenvalue weighted by molar-refractivity contribution is -0.142. The first-order valence-electron chi connectivity index (χ1n) is 8.71. The quantitative estimate of drug-likeness (QED) is 0.372. The Balaban J connectivity index is 2.70. The molecule has 1 N–H and O–H groups in total. The highest BCUT2D eigenvalue weighted by atomic mass is 32.1. The lowest BCUT2D eigenvalue weighted by atomic mass is 10.0. The number of nitrogens with zero attached hydrogens (tertiary/aromatic N) is 1. The normalized spacial score (nSPS) is 12.0. The molecule has 5 heteroatoms. The molecule has 0 aliphatic rings. The third-order valence-corrected chi connectivity index (χ3v) is 4.03. The van der Waals surface area contributed by atoms with E-state index in [1.807, 2.05) is 19.1 Å². The maximum atomic E-state index is 12.6. The molecule has 1 heterocycles. The van der Waals surface area contributed by atoms with Crippen LogP contribution in [-0.2, 0) is 9.53 Å². The van der Waals surface area contributed by atoms with Crippen LogP contribution in [0.4, 0.5) is 0 Å². The molecular formula is C21H28N2O2S. The first-order valence-corrected chi connectivity index (χ1v) is 9.11. The lowest BCUT2D eigenvalue weighted by Gasteiger charge is -2.17. The molecule has 1 unspecified atom stereocenters. The predicted octanol–water partition coefficient (Wildman–Crippen LogP) is 4.50. The molecule has 4 nitrogen and oxygen atoms in total. The van der Waals surface area contributed by atoms with E-state index in [1.165, 1.54) is 11.1 Å². The van der Waals surface area contributed by atoms with Crippen molar-refractivity contribution < 1.29 is 9.53 Å². The number of carbonyl (C=O) groups is 1. The van der Waals surface area contributed by atoms with Crippen molar-refractivity contribution >= 4 is 23.2 Å². The molecule has 0 spiro atoms. The van der Waals surface area contributed by atoms with E-state index in [9.17, 15) is 4.79 Å². The van der Waals surface area contributed by atoms with Crippen molar-refractivity contribution in [3.05, 3.63) is 66.0 Å². The predicted molar refractivity (Wildman–Crippen MR) is 111 cm³/mol. The van der Waals surface area contributed by atoms with Gasteiger partial charge in [0.05, 0.1) is 10.7 Å². The Kier molecular flexibility index (Phi) is 10.2. The summed E-state index contributed by atoms with van der Waals surface area (Å²) in [6.45, 7) is 10.6. The highest BCUT2D eigenvalue weighted by molar-refractivity contribution is 7.80. The van der Waals surface area contributed by atoms with Gasteiger partial charge in [0, 0.05) is 12.7 Å². The number of carbonyl (C=O) groups excluding carboxylic acids is 1. The molecule has 0 fully saturated rings. The number of allylic oxidation sites excluding steroid dienone is 3. The third-order valence-electron chi connectivity index (χ3n) is 3.65. The van der Waals surface area contributed by atoms with Gasteiger partial charge in [-0.15, -0.1) is 6.58 Å². The molecule has 140 valence electrons. The van der Waals surface area contributed by atoms with Crippen LogP contribution in [0.25, 0.3) is 0 Å². The molecule has 1 aromatic rings. The van der Waals surface area contributed by atoms with Crippen LogP contribution in [0.2, 0.25) is 0 Å². The van der Waals surface area contributed by atoms with Gasteiger partial charge in [0.25, 0.3) is 0 Å². The Hall–Kier alpha value is -2.27. The molecule has 26 heavy (non-hydrogen) atoms. The molecule has 0 bridgehead atoms. The van der Waals surface area contributed by atoms with Crippen LogP contribution in [0, 0.1) is 0 Å². The fourth-order valence-electron chi connectivity index (χ4n) is 2.22. The van der Waals surface area contributed by atoms with E-state index in [2.05, 4.69) is 36.8 Å². The fourth-order valence-corrected chi connectivity index (χ4v) is 2.52. The minimum absolute atomic E-state index is 0.229. The lowest BCUT2D eigenvalue weighted by Crippen LogP contribution is -2.34. The molecule has 0 saturated heterocycles. The van der Waals surface area contributed by atoms with Gasteiger partial charge < -0.3 is 10.1 Å². The van der Waals surface area contributed by atoms with Gasteiger partial charge in [-0.3, -0.25) is 9.78 Å². The van der Waals surface area contributed by atoms with Crippen molar-refractivity contribution in [2.24, 2.45) is 0 Å². The minimum atomic E-state index is -0.717. The minimum Gasteiger partial charge on any atom is -0.461 e. The van der Waals surface area contributed by atoms with Crippen LogP contribution < -0.4 is 5.32 Å². The van der Waals surface area contributed by atoms with Crippen molar-refractivity contribution in [3.8, 4) is 0 Å². The monoisotopic (exact) mass is 372 g/mol. The molecule has 0 amide bonds. The van der Waals surface area contributed by atoms with Crippen molar-refractivity contribution in [1.29, 1.82) is 0 Å². The van der Waals surface area contributed by atoms with Crippen LogP contribution in [0.1, 0.15) is 45.2 Å². The first kappa shape index (κ1) is 21.8. The maximum Gasteiger partial charge on any atom is 0.322 e. The Morgan fingerprint density at radius 3 is 2.73 bits per heavy atom. The van der Waals surface area contributed by atoms with Gasteiger partial charge in [-0.1, -0.05) is 41.6 Å². The molecule has 0 aliphatic heterocycles. The summed E-state index contributed by atoms with van der Waals surface area (Å²) in [6, 6.07) is 5.39. The zero-order chi connectivity index (χ0) is 19.4. The van der Waals surface area contributed by atoms with Gasteiger partial charge in [0.2, 0.25) is 0 Å². The second kappa shape index (κ2) is 12.1. The molecule has 1 atom stereocenters. The van der Waals surface area contributed by atoms with E-state index in [0.29, 0.717) is 17.2 Å². The fraction of sp³-hybridized carbons (Fsp3) is 0.381. The molecule has 0 radical (unpaired) electrons. The Morgan fingerprint density at radius 2 is 2.12 bits per heavy atom. The van der Waals surface area contributed by atoms with Crippen LogP contribution >= 0.6 is 12.2 Å². The number of hydrogen-bond acceptors (Lipinski definition) is 4. The molecule has 0 aliphatic carbocycles. The smallest absolute Gasteiger partial charge is 0.322 e. The van der Waals surface area contributed by atoms with Gasteiger partial charge in [-0.2, -0.15) is 0 Å². The Labute approximate surface area is 162 Å². The van der Waals surface area contributed by atoms with E-state index < -0.39 is 11.9 Å². The van der Waals surface area contributed by atoms with Crippen LogP contribution in [0.15, 0.2) is 60.3 Å². The highest BCUT2D eigenvalue weighted by Crippen LogP contribution is 2.17. The summed E-state index contributed by atoms with van der Waals surface area (Å²) in [4.78, 5) is 17.2. The zero-order valence-corrected chi connectivity index (χ0v) is 16.6. The topological polar surface area (TPSA) is 51.2 Å². The second-order valence-electron chi connectivity index (χ2n) is 6.22. The number of pyridine rings is 1. The van der Waals surface area contributed by atoms with Gasteiger partial charge in [-0.25, -0.2) is 0 Å². The summed E-state index contributed by atoms with van der Waals surface area (Å²) in [5.41, 5.74) is 3.07. The van der Waals surface area contributed by atoms with Gasteiger partial charge in [-0.05, 0) is 51.8 Å². The summed E-state index contributed by atoms with van der Waals surface area (Å²) >= 11 is 5.36. The van der Waals surface area contributed by atoms with E-state index in [-0.39, 0.29) is 6.61 Å². The third kappa shape index (κ3) is 8.21. The standard InChI is InChI=1S/C21H28N2O2S/c1-5-13-23-20(26)19(18-11-6-7-14-22-18)21(24)25-15-12-17(4)10-8-9-16(2)3/h5-7,9,11-12,14,19H,1,8,10,13,15H2,2-4H3,(H,23,26). The number of nitrogens with one attached hydrogen (secondary N) is 1. The van der Waals surface area contributed by atoms with Gasteiger partial charge >= 0.3 is 5.97 Å². The van der Waals surface area contributed by atoms with E-state index in [4.69, 9.17) is 17.0 Å². The van der Waals surface area contributed by atoms with E-state index in [1.54, 1.807) is 24.4 Å². The van der Waals surface area contributed by atoms with E-state index >= 15 is 0 Å². The summed E-state index contributed by atoms with van der Waals surface area (Å²) in [5.74, 6) is -1.12. The van der Waals surface area contributed by atoms with Crippen LogP contribution in [0.3, 0.4) is 0 Å². The van der Waals surface area contributed by atoms with E-state index in [0.717, 1.165) is 12.8 Å². The number of esters is 1. The summed E-state index contributed by atoms with van der Waals surface area (Å²) in [7, 11) is 0. The molecular weight excluding hydrogens is 344 g/mol. The van der Waals surface area contributed by atoms with Crippen molar-refractivity contribution in [2.45, 2.75) is 39.5 Å². The van der Waals surface area contributed by atoms with Gasteiger partial charge in [0.1, 0.15) is 12.5 Å².